The Kier molecular flexibility index (Phi) is 3.10. The van der Waals surface area contributed by atoms with Crippen molar-refractivity contribution in [3.63, 3.8) is 0 Å². The van der Waals surface area contributed by atoms with Gasteiger partial charge in [-0.3, -0.25) is 0 Å². The molecule has 0 saturated heterocycles. The number of likely N-dealkylation sites (N-methyl/N-ethyl adjacent to an activating group) is 1. The van der Waals surface area contributed by atoms with Crippen LogP contribution in [0.1, 0.15) is 16.1 Å². The lowest BCUT2D eigenvalue weighted by Crippen LogP contribution is -2.38. The quantitative estimate of drug-likeness (QED) is 0.930. The standard InChI is InChI=1S/C15H16N2O3/c1-16-7-8-17(13-5-3-2-4-12(13)16)10-14-11(15(18)19)6-9-20-14/h2-6,9H,7-8,10H2,1H3,(H,18,19). The maximum atomic E-state index is 11.1. The number of hydrogen-bond donors (Lipinski definition) is 1. The maximum Gasteiger partial charge on any atom is 0.339 e. The van der Waals surface area contributed by atoms with Crippen molar-refractivity contribution in [2.45, 2.75) is 6.54 Å². The second kappa shape index (κ2) is 4.92. The van der Waals surface area contributed by atoms with Gasteiger partial charge in [-0.2, -0.15) is 0 Å². The zero-order valence-corrected chi connectivity index (χ0v) is 11.2. The summed E-state index contributed by atoms with van der Waals surface area (Å²) in [6.07, 6.45) is 1.43. The molecule has 2 heterocycles. The maximum absolute atomic E-state index is 11.1. The van der Waals surface area contributed by atoms with Gasteiger partial charge in [-0.05, 0) is 18.2 Å². The minimum Gasteiger partial charge on any atom is -0.478 e. The first-order valence-electron chi connectivity index (χ1n) is 6.51. The average molecular weight is 272 g/mol. The van der Waals surface area contributed by atoms with E-state index in [4.69, 9.17) is 9.52 Å². The summed E-state index contributed by atoms with van der Waals surface area (Å²) in [4.78, 5) is 15.5. The molecule has 3 rings (SSSR count). The Morgan fingerprint density at radius 3 is 2.75 bits per heavy atom. The highest BCUT2D eigenvalue weighted by Gasteiger charge is 2.23. The number of aromatic carboxylic acids is 1. The van der Waals surface area contributed by atoms with E-state index in [1.807, 2.05) is 18.2 Å². The number of carboxylic acids is 1. The monoisotopic (exact) mass is 272 g/mol. The number of anilines is 2. The van der Waals surface area contributed by atoms with Gasteiger partial charge in [0, 0.05) is 20.1 Å². The third kappa shape index (κ3) is 2.11. The fraction of sp³-hybridized carbons (Fsp3) is 0.267. The molecule has 0 bridgehead atoms. The Labute approximate surface area is 117 Å². The first kappa shape index (κ1) is 12.6. The van der Waals surface area contributed by atoms with Gasteiger partial charge in [0.2, 0.25) is 0 Å². The highest BCUT2D eigenvalue weighted by atomic mass is 16.4. The van der Waals surface area contributed by atoms with Gasteiger partial charge >= 0.3 is 5.97 Å². The lowest BCUT2D eigenvalue weighted by Gasteiger charge is -2.36. The minimum absolute atomic E-state index is 0.237. The summed E-state index contributed by atoms with van der Waals surface area (Å²) < 4.78 is 5.33. The average Bonchev–Trinajstić information content (AvgIpc) is 2.91. The van der Waals surface area contributed by atoms with Crippen molar-refractivity contribution < 1.29 is 14.3 Å². The van der Waals surface area contributed by atoms with Crippen LogP contribution in [0.5, 0.6) is 0 Å². The fourth-order valence-corrected chi connectivity index (χ4v) is 2.56. The number of benzene rings is 1. The molecule has 1 N–H and O–H groups in total. The molecule has 1 aliphatic heterocycles. The lowest BCUT2D eigenvalue weighted by molar-refractivity contribution is 0.0694. The molecular formula is C15H16N2O3. The molecule has 1 aromatic carbocycles. The van der Waals surface area contributed by atoms with E-state index in [1.54, 1.807) is 0 Å². The molecule has 0 unspecified atom stereocenters. The number of furan rings is 1. The van der Waals surface area contributed by atoms with Crippen molar-refractivity contribution in [3.8, 4) is 0 Å². The van der Waals surface area contributed by atoms with E-state index in [1.165, 1.54) is 12.3 Å². The number of fused-ring (bicyclic) bond motifs is 1. The van der Waals surface area contributed by atoms with Crippen molar-refractivity contribution in [2.24, 2.45) is 0 Å². The molecular weight excluding hydrogens is 256 g/mol. The predicted molar refractivity (Wildman–Crippen MR) is 76.4 cm³/mol. The minimum atomic E-state index is -0.948. The van der Waals surface area contributed by atoms with Gasteiger partial charge in [0.25, 0.3) is 0 Å². The molecule has 0 amide bonds. The summed E-state index contributed by atoms with van der Waals surface area (Å²) in [5.41, 5.74) is 2.50. The molecule has 5 heteroatoms. The molecule has 0 radical (unpaired) electrons. The molecule has 0 aliphatic carbocycles. The van der Waals surface area contributed by atoms with E-state index in [9.17, 15) is 4.79 Å². The van der Waals surface area contributed by atoms with Crippen molar-refractivity contribution in [1.82, 2.24) is 0 Å². The summed E-state index contributed by atoms with van der Waals surface area (Å²) in [5, 5.41) is 9.13. The fourth-order valence-electron chi connectivity index (χ4n) is 2.56. The molecule has 1 aliphatic rings. The number of nitrogens with zero attached hydrogens (tertiary/aromatic N) is 2. The Bertz CT molecular complexity index is 636. The van der Waals surface area contributed by atoms with E-state index in [-0.39, 0.29) is 5.56 Å². The molecule has 0 saturated carbocycles. The molecule has 0 spiro atoms. The van der Waals surface area contributed by atoms with Crippen LogP contribution in [-0.4, -0.2) is 31.2 Å². The molecule has 0 fully saturated rings. The second-order valence-corrected chi connectivity index (χ2v) is 4.89. The van der Waals surface area contributed by atoms with Gasteiger partial charge in [-0.25, -0.2) is 4.79 Å². The summed E-state index contributed by atoms with van der Waals surface area (Å²) >= 11 is 0. The summed E-state index contributed by atoms with van der Waals surface area (Å²) in [7, 11) is 2.06. The Morgan fingerprint density at radius 2 is 2.00 bits per heavy atom. The van der Waals surface area contributed by atoms with Gasteiger partial charge < -0.3 is 19.3 Å². The van der Waals surface area contributed by atoms with Crippen LogP contribution < -0.4 is 9.80 Å². The summed E-state index contributed by atoms with van der Waals surface area (Å²) in [5.74, 6) is -0.451. The first-order chi connectivity index (χ1) is 9.66. The van der Waals surface area contributed by atoms with E-state index in [0.29, 0.717) is 12.3 Å². The van der Waals surface area contributed by atoms with E-state index < -0.39 is 5.97 Å². The van der Waals surface area contributed by atoms with Gasteiger partial charge in [0.1, 0.15) is 11.3 Å². The van der Waals surface area contributed by atoms with Gasteiger partial charge in [0.15, 0.2) is 0 Å². The van der Waals surface area contributed by atoms with Crippen LogP contribution in [0.4, 0.5) is 11.4 Å². The van der Waals surface area contributed by atoms with E-state index in [2.05, 4.69) is 22.9 Å². The molecule has 5 nitrogen and oxygen atoms in total. The molecule has 1 aromatic heterocycles. The van der Waals surface area contributed by atoms with Crippen molar-refractivity contribution in [3.05, 3.63) is 47.9 Å². The van der Waals surface area contributed by atoms with E-state index >= 15 is 0 Å². The van der Waals surface area contributed by atoms with Crippen LogP contribution in [0.15, 0.2) is 41.0 Å². The van der Waals surface area contributed by atoms with Crippen LogP contribution in [-0.2, 0) is 6.54 Å². The zero-order chi connectivity index (χ0) is 14.1. The third-order valence-corrected chi connectivity index (χ3v) is 3.65. The number of carbonyl (C=O) groups is 1. The molecule has 2 aromatic rings. The summed E-state index contributed by atoms with van der Waals surface area (Å²) in [6, 6.07) is 9.62. The van der Waals surface area contributed by atoms with Crippen LogP contribution in [0.2, 0.25) is 0 Å². The Morgan fingerprint density at radius 1 is 1.25 bits per heavy atom. The van der Waals surface area contributed by atoms with Gasteiger partial charge in [-0.1, -0.05) is 12.1 Å². The highest BCUT2D eigenvalue weighted by Crippen LogP contribution is 2.33. The molecule has 20 heavy (non-hydrogen) atoms. The highest BCUT2D eigenvalue weighted by molar-refractivity contribution is 5.88. The topological polar surface area (TPSA) is 56.9 Å². The van der Waals surface area contributed by atoms with Crippen molar-refractivity contribution in [1.29, 1.82) is 0 Å². The van der Waals surface area contributed by atoms with Crippen molar-refractivity contribution in [2.75, 3.05) is 29.9 Å². The number of hydrogen-bond acceptors (Lipinski definition) is 4. The lowest BCUT2D eigenvalue weighted by atomic mass is 10.1. The predicted octanol–water partition coefficient (Wildman–Crippen LogP) is 2.43. The zero-order valence-electron chi connectivity index (χ0n) is 11.2. The Balaban J connectivity index is 1.91. The number of carboxylic acid groups (broad SMARTS) is 1. The normalized spacial score (nSPS) is 14.2. The van der Waals surface area contributed by atoms with Gasteiger partial charge in [0.05, 0.1) is 24.2 Å². The largest absolute Gasteiger partial charge is 0.478 e. The van der Waals surface area contributed by atoms with Crippen LogP contribution in [0, 0.1) is 0 Å². The second-order valence-electron chi connectivity index (χ2n) is 4.89. The smallest absolute Gasteiger partial charge is 0.339 e. The molecule has 104 valence electrons. The third-order valence-electron chi connectivity index (χ3n) is 3.65. The summed E-state index contributed by atoms with van der Waals surface area (Å²) in [6.45, 7) is 2.22. The number of para-hydroxylation sites is 2. The first-order valence-corrected chi connectivity index (χ1v) is 6.51. The number of rotatable bonds is 3. The Hall–Kier alpha value is -2.43. The molecule has 0 atom stereocenters. The van der Waals surface area contributed by atoms with Crippen LogP contribution in [0.25, 0.3) is 0 Å². The van der Waals surface area contributed by atoms with Gasteiger partial charge in [-0.15, -0.1) is 0 Å². The van der Waals surface area contributed by atoms with E-state index in [0.717, 1.165) is 24.5 Å². The van der Waals surface area contributed by atoms with Crippen LogP contribution >= 0.6 is 0 Å². The van der Waals surface area contributed by atoms with Crippen molar-refractivity contribution >= 4 is 17.3 Å². The van der Waals surface area contributed by atoms with Crippen LogP contribution in [0.3, 0.4) is 0 Å². The SMILES string of the molecule is CN1CCN(Cc2occc2C(=O)O)c2ccccc21.